The maximum absolute atomic E-state index is 12.3. The summed E-state index contributed by atoms with van der Waals surface area (Å²) in [5.41, 5.74) is 6.55. The lowest BCUT2D eigenvalue weighted by Gasteiger charge is -2.18. The molecular formula is C19H20N4O4. The van der Waals surface area contributed by atoms with Gasteiger partial charge in [0.2, 0.25) is 5.91 Å². The maximum atomic E-state index is 12.3. The van der Waals surface area contributed by atoms with E-state index in [4.69, 9.17) is 10.5 Å². The summed E-state index contributed by atoms with van der Waals surface area (Å²) in [4.78, 5) is 37.6. The number of hydrogen-bond donors (Lipinski definition) is 3. The molecule has 1 aliphatic rings. The maximum Gasteiger partial charge on any atom is 0.319 e. The molecule has 0 unspecified atom stereocenters. The van der Waals surface area contributed by atoms with E-state index in [1.165, 1.54) is 6.07 Å². The van der Waals surface area contributed by atoms with E-state index in [1.807, 2.05) is 6.07 Å². The van der Waals surface area contributed by atoms with Crippen molar-refractivity contribution in [1.82, 2.24) is 5.32 Å². The van der Waals surface area contributed by atoms with Crippen LogP contribution in [0.1, 0.15) is 16.8 Å². The molecule has 1 saturated heterocycles. The normalized spacial score (nSPS) is 16.1. The van der Waals surface area contributed by atoms with Crippen LogP contribution >= 0.6 is 0 Å². The number of hydrogen-bond acceptors (Lipinski definition) is 4. The highest BCUT2D eigenvalue weighted by molar-refractivity contribution is 6.03. The highest BCUT2D eigenvalue weighted by Crippen LogP contribution is 2.25. The molecule has 1 atom stereocenters. The lowest BCUT2D eigenvalue weighted by Crippen LogP contribution is -2.40. The number of amides is 4. The molecule has 2 aromatic rings. The van der Waals surface area contributed by atoms with E-state index in [1.54, 1.807) is 48.4 Å². The van der Waals surface area contributed by atoms with Crippen LogP contribution in [0.2, 0.25) is 0 Å². The fourth-order valence-electron chi connectivity index (χ4n) is 2.98. The third-order valence-corrected chi connectivity index (χ3v) is 4.27. The van der Waals surface area contributed by atoms with Crippen molar-refractivity contribution in [2.24, 2.45) is 5.73 Å². The highest BCUT2D eigenvalue weighted by atomic mass is 16.5. The molecule has 0 bridgehead atoms. The number of anilines is 2. The molecule has 0 spiro atoms. The Hall–Kier alpha value is -3.55. The number of ether oxygens (including phenoxy) is 1. The van der Waals surface area contributed by atoms with Gasteiger partial charge in [0.15, 0.2) is 0 Å². The summed E-state index contributed by atoms with van der Waals surface area (Å²) in [6.07, 6.45) is 0.183. The molecule has 4 N–H and O–H groups in total. The van der Waals surface area contributed by atoms with E-state index < -0.39 is 11.9 Å². The first kappa shape index (κ1) is 18.2. The van der Waals surface area contributed by atoms with Crippen molar-refractivity contribution in [3.8, 4) is 5.75 Å². The molecule has 0 radical (unpaired) electrons. The summed E-state index contributed by atoms with van der Waals surface area (Å²) >= 11 is 0. The van der Waals surface area contributed by atoms with Crippen LogP contribution in [-0.4, -0.2) is 37.5 Å². The zero-order valence-electron chi connectivity index (χ0n) is 14.8. The summed E-state index contributed by atoms with van der Waals surface area (Å²) in [5, 5.41) is 5.36. The van der Waals surface area contributed by atoms with Crippen molar-refractivity contribution in [2.45, 2.75) is 12.5 Å². The predicted molar refractivity (Wildman–Crippen MR) is 101 cm³/mol. The van der Waals surface area contributed by atoms with Crippen molar-refractivity contribution in [3.05, 3.63) is 54.1 Å². The van der Waals surface area contributed by atoms with Crippen molar-refractivity contribution in [1.29, 1.82) is 0 Å². The van der Waals surface area contributed by atoms with Crippen molar-refractivity contribution >= 4 is 29.2 Å². The molecule has 0 aromatic heterocycles. The Morgan fingerprint density at radius 1 is 1.19 bits per heavy atom. The molecule has 1 heterocycles. The topological polar surface area (TPSA) is 114 Å². The Bertz CT molecular complexity index is 884. The smallest absolute Gasteiger partial charge is 0.319 e. The van der Waals surface area contributed by atoms with E-state index in [0.717, 1.165) is 0 Å². The van der Waals surface area contributed by atoms with Gasteiger partial charge in [-0.15, -0.1) is 0 Å². The van der Waals surface area contributed by atoms with Crippen LogP contribution in [0.15, 0.2) is 48.5 Å². The Morgan fingerprint density at radius 3 is 2.70 bits per heavy atom. The van der Waals surface area contributed by atoms with Crippen molar-refractivity contribution in [2.75, 3.05) is 23.9 Å². The number of para-hydroxylation sites is 1. The zero-order chi connectivity index (χ0) is 19.4. The third kappa shape index (κ3) is 4.17. The number of benzene rings is 2. The van der Waals surface area contributed by atoms with E-state index in [-0.39, 0.29) is 23.9 Å². The minimum Gasteiger partial charge on any atom is -0.497 e. The molecule has 140 valence electrons. The predicted octanol–water partition coefficient (Wildman–Crippen LogP) is 1.72. The highest BCUT2D eigenvalue weighted by Gasteiger charge is 2.31. The molecule has 4 amide bonds. The molecule has 3 rings (SSSR count). The summed E-state index contributed by atoms with van der Waals surface area (Å²) in [6, 6.07) is 12.8. The molecule has 1 aliphatic heterocycles. The van der Waals surface area contributed by atoms with E-state index in [2.05, 4.69) is 10.6 Å². The lowest BCUT2D eigenvalue weighted by atomic mass is 10.1. The quantitative estimate of drug-likeness (QED) is 0.745. The SMILES string of the molecule is COc1cccc(N2C[C@@H](NC(=O)Nc3ccccc3C(N)=O)CC2=O)c1. The number of carbonyl (C=O) groups excluding carboxylic acids is 3. The molecule has 1 fully saturated rings. The van der Waals surface area contributed by atoms with Gasteiger partial charge in [0, 0.05) is 24.7 Å². The van der Waals surface area contributed by atoms with E-state index >= 15 is 0 Å². The van der Waals surface area contributed by atoms with E-state index in [0.29, 0.717) is 23.7 Å². The number of carbonyl (C=O) groups is 3. The number of methoxy groups -OCH3 is 1. The minimum atomic E-state index is -0.633. The van der Waals surface area contributed by atoms with Crippen LogP contribution in [0.5, 0.6) is 5.75 Å². The van der Waals surface area contributed by atoms with Gasteiger partial charge in [0.05, 0.1) is 24.4 Å². The zero-order valence-corrected chi connectivity index (χ0v) is 14.8. The summed E-state index contributed by atoms with van der Waals surface area (Å²) in [7, 11) is 1.56. The molecule has 0 aliphatic carbocycles. The number of nitrogens with zero attached hydrogens (tertiary/aromatic N) is 1. The monoisotopic (exact) mass is 368 g/mol. The second-order valence-corrected chi connectivity index (χ2v) is 6.12. The Morgan fingerprint density at radius 2 is 1.96 bits per heavy atom. The largest absolute Gasteiger partial charge is 0.497 e. The second-order valence-electron chi connectivity index (χ2n) is 6.12. The second kappa shape index (κ2) is 7.77. The van der Waals surface area contributed by atoms with Crippen molar-refractivity contribution in [3.63, 3.8) is 0 Å². The fraction of sp³-hybridized carbons (Fsp3) is 0.211. The molecule has 8 nitrogen and oxygen atoms in total. The van der Waals surface area contributed by atoms with Crippen LogP contribution < -0.4 is 26.0 Å². The first-order valence-corrected chi connectivity index (χ1v) is 8.38. The summed E-state index contributed by atoms with van der Waals surface area (Å²) in [5.74, 6) is -0.0743. The van der Waals surface area contributed by atoms with Crippen LogP contribution in [0, 0.1) is 0 Å². The lowest BCUT2D eigenvalue weighted by molar-refractivity contribution is -0.117. The van der Waals surface area contributed by atoms with Crippen molar-refractivity contribution < 1.29 is 19.1 Å². The van der Waals surface area contributed by atoms with Gasteiger partial charge in [-0.2, -0.15) is 0 Å². The average Bonchev–Trinajstić information content (AvgIpc) is 3.02. The van der Waals surface area contributed by atoms with Gasteiger partial charge < -0.3 is 26.0 Å². The number of primary amides is 1. The fourth-order valence-corrected chi connectivity index (χ4v) is 2.98. The first-order chi connectivity index (χ1) is 13.0. The Balaban J connectivity index is 1.64. The van der Waals surface area contributed by atoms with Crippen LogP contribution in [0.4, 0.5) is 16.2 Å². The number of rotatable bonds is 5. The molecule has 8 heteroatoms. The van der Waals surface area contributed by atoms with Gasteiger partial charge in [0.1, 0.15) is 5.75 Å². The van der Waals surface area contributed by atoms with Gasteiger partial charge in [0.25, 0.3) is 5.91 Å². The number of urea groups is 1. The van der Waals surface area contributed by atoms with Crippen LogP contribution in [-0.2, 0) is 4.79 Å². The number of nitrogens with one attached hydrogen (secondary N) is 2. The summed E-state index contributed by atoms with van der Waals surface area (Å²) in [6.45, 7) is 0.344. The van der Waals surface area contributed by atoms with Gasteiger partial charge in [-0.3, -0.25) is 9.59 Å². The molecule has 0 saturated carbocycles. The van der Waals surface area contributed by atoms with Gasteiger partial charge in [-0.25, -0.2) is 4.79 Å². The van der Waals surface area contributed by atoms with Gasteiger partial charge >= 0.3 is 6.03 Å². The Kier molecular flexibility index (Phi) is 5.25. The minimum absolute atomic E-state index is 0.0916. The Labute approximate surface area is 156 Å². The molecule has 2 aromatic carbocycles. The van der Waals surface area contributed by atoms with Gasteiger partial charge in [-0.1, -0.05) is 18.2 Å². The first-order valence-electron chi connectivity index (χ1n) is 8.38. The van der Waals surface area contributed by atoms with Gasteiger partial charge in [-0.05, 0) is 24.3 Å². The average molecular weight is 368 g/mol. The van der Waals surface area contributed by atoms with Crippen LogP contribution in [0.3, 0.4) is 0 Å². The molecule has 27 heavy (non-hydrogen) atoms. The standard InChI is InChI=1S/C19H20N4O4/c1-27-14-6-4-5-13(10-14)23-11-12(9-17(23)24)21-19(26)22-16-8-3-2-7-15(16)18(20)25/h2-8,10,12H,9,11H2,1H3,(H2,20,25)(H2,21,22,26)/t12-/m0/s1. The third-order valence-electron chi connectivity index (χ3n) is 4.27. The molecular weight excluding hydrogens is 348 g/mol. The van der Waals surface area contributed by atoms with Crippen LogP contribution in [0.25, 0.3) is 0 Å². The number of nitrogens with two attached hydrogens (primary N) is 1. The summed E-state index contributed by atoms with van der Waals surface area (Å²) < 4.78 is 5.18. The van der Waals surface area contributed by atoms with E-state index in [9.17, 15) is 14.4 Å².